The Morgan fingerprint density at radius 3 is 2.88 bits per heavy atom. The first-order valence-corrected chi connectivity index (χ1v) is 5.23. The van der Waals surface area contributed by atoms with E-state index in [1.165, 1.54) is 31.3 Å². The Balaban J connectivity index is 3.04. The highest BCUT2D eigenvalue weighted by molar-refractivity contribution is 5.95. The van der Waals surface area contributed by atoms with E-state index in [9.17, 15) is 9.18 Å². The Hall–Kier alpha value is -1.69. The lowest BCUT2D eigenvalue weighted by molar-refractivity contribution is 0.0677. The topological polar surface area (TPSA) is 65.5 Å². The van der Waals surface area contributed by atoms with Gasteiger partial charge in [-0.05, 0) is 13.0 Å². The van der Waals surface area contributed by atoms with E-state index in [0.717, 1.165) is 0 Å². The van der Waals surface area contributed by atoms with Crippen LogP contribution in [0.2, 0.25) is 0 Å². The van der Waals surface area contributed by atoms with Crippen molar-refractivity contribution in [1.82, 2.24) is 9.88 Å². The minimum Gasteiger partial charge on any atom is -0.394 e. The van der Waals surface area contributed by atoms with Gasteiger partial charge in [0.1, 0.15) is 0 Å². The monoisotopic (exact) mass is 241 g/mol. The summed E-state index contributed by atoms with van der Waals surface area (Å²) in [5, 5.41) is 11.5. The standard InChI is InChI=1S/C11H16FN3O2/c1-7(6-16)15(3)11(17)8-4-5-14-10(13-2)9(8)12/h4-5,7,16H,6H2,1-3H3,(H,13,14). The van der Waals surface area contributed by atoms with Gasteiger partial charge in [-0.1, -0.05) is 0 Å². The van der Waals surface area contributed by atoms with Crippen LogP contribution < -0.4 is 5.32 Å². The van der Waals surface area contributed by atoms with E-state index < -0.39 is 11.7 Å². The molecule has 2 N–H and O–H groups in total. The van der Waals surface area contributed by atoms with E-state index in [1.54, 1.807) is 6.92 Å². The number of hydrogen-bond acceptors (Lipinski definition) is 4. The number of nitrogens with one attached hydrogen (secondary N) is 1. The van der Waals surface area contributed by atoms with E-state index in [2.05, 4.69) is 10.3 Å². The van der Waals surface area contributed by atoms with Crippen LogP contribution in [0.3, 0.4) is 0 Å². The van der Waals surface area contributed by atoms with E-state index in [4.69, 9.17) is 5.11 Å². The minimum absolute atomic E-state index is 0.0286. The molecule has 1 heterocycles. The molecule has 0 aliphatic heterocycles. The van der Waals surface area contributed by atoms with Crippen LogP contribution in [0.1, 0.15) is 17.3 Å². The summed E-state index contributed by atoms with van der Waals surface area (Å²) in [5.41, 5.74) is -0.0628. The number of halogens is 1. The van der Waals surface area contributed by atoms with Crippen molar-refractivity contribution in [2.45, 2.75) is 13.0 Å². The van der Waals surface area contributed by atoms with Crippen LogP contribution in [0.5, 0.6) is 0 Å². The fraction of sp³-hybridized carbons (Fsp3) is 0.455. The fourth-order valence-electron chi connectivity index (χ4n) is 1.30. The summed E-state index contributed by atoms with van der Waals surface area (Å²) in [6, 6.07) is 0.951. The van der Waals surface area contributed by atoms with Crippen LogP contribution in [-0.4, -0.2) is 47.6 Å². The smallest absolute Gasteiger partial charge is 0.257 e. The molecular weight excluding hydrogens is 225 g/mol. The highest BCUT2D eigenvalue weighted by Gasteiger charge is 2.21. The summed E-state index contributed by atoms with van der Waals surface area (Å²) >= 11 is 0. The first-order valence-electron chi connectivity index (χ1n) is 5.23. The quantitative estimate of drug-likeness (QED) is 0.815. The molecular formula is C11H16FN3O2. The number of carbonyl (C=O) groups is 1. The lowest BCUT2D eigenvalue weighted by Crippen LogP contribution is -2.37. The first kappa shape index (κ1) is 13.4. The average Bonchev–Trinajstić information content (AvgIpc) is 2.36. The van der Waals surface area contributed by atoms with Gasteiger partial charge in [0, 0.05) is 20.3 Å². The summed E-state index contributed by atoms with van der Waals surface area (Å²) < 4.78 is 13.8. The summed E-state index contributed by atoms with van der Waals surface area (Å²) in [4.78, 5) is 17.0. The molecule has 0 aliphatic rings. The maximum atomic E-state index is 13.8. The van der Waals surface area contributed by atoms with Crippen LogP contribution in [0.15, 0.2) is 12.3 Å². The average molecular weight is 241 g/mol. The Bertz CT molecular complexity index is 412. The Kier molecular flexibility index (Phi) is 4.39. The third-order valence-corrected chi connectivity index (χ3v) is 2.60. The van der Waals surface area contributed by atoms with E-state index in [0.29, 0.717) is 0 Å². The number of aliphatic hydroxyl groups is 1. The Morgan fingerprint density at radius 1 is 1.71 bits per heavy atom. The predicted octanol–water partition coefficient (Wildman–Crippen LogP) is 0.715. The molecule has 6 heteroatoms. The van der Waals surface area contributed by atoms with Gasteiger partial charge in [-0.15, -0.1) is 0 Å². The van der Waals surface area contributed by atoms with Gasteiger partial charge >= 0.3 is 0 Å². The van der Waals surface area contributed by atoms with Crippen LogP contribution in [0.25, 0.3) is 0 Å². The molecule has 0 saturated carbocycles. The van der Waals surface area contributed by atoms with E-state index in [1.807, 2.05) is 0 Å². The highest BCUT2D eigenvalue weighted by atomic mass is 19.1. The second-order valence-electron chi connectivity index (χ2n) is 3.72. The van der Waals surface area contributed by atoms with Gasteiger partial charge in [0.15, 0.2) is 11.6 Å². The molecule has 0 spiro atoms. The number of aromatic nitrogens is 1. The zero-order valence-corrected chi connectivity index (χ0v) is 10.1. The third-order valence-electron chi connectivity index (χ3n) is 2.60. The zero-order valence-electron chi connectivity index (χ0n) is 10.1. The number of hydrogen-bond donors (Lipinski definition) is 2. The number of pyridine rings is 1. The predicted molar refractivity (Wildman–Crippen MR) is 62.4 cm³/mol. The number of anilines is 1. The summed E-state index contributed by atoms with van der Waals surface area (Å²) in [6.07, 6.45) is 1.36. The van der Waals surface area contributed by atoms with Crippen LogP contribution in [0.4, 0.5) is 10.2 Å². The van der Waals surface area contributed by atoms with Crippen molar-refractivity contribution in [2.75, 3.05) is 26.0 Å². The van der Waals surface area contributed by atoms with Crippen LogP contribution in [0, 0.1) is 5.82 Å². The Morgan fingerprint density at radius 2 is 2.35 bits per heavy atom. The maximum Gasteiger partial charge on any atom is 0.257 e. The zero-order chi connectivity index (χ0) is 13.0. The number of likely N-dealkylation sites (N-methyl/N-ethyl adjacent to an activating group) is 1. The third kappa shape index (κ3) is 2.71. The summed E-state index contributed by atoms with van der Waals surface area (Å²) in [6.45, 7) is 1.50. The molecule has 0 aromatic carbocycles. The second-order valence-corrected chi connectivity index (χ2v) is 3.72. The van der Waals surface area contributed by atoms with Gasteiger partial charge in [-0.2, -0.15) is 0 Å². The Labute approximate surface area is 99.3 Å². The van der Waals surface area contributed by atoms with Gasteiger partial charge in [-0.3, -0.25) is 4.79 Å². The van der Waals surface area contributed by atoms with Gasteiger partial charge in [0.05, 0.1) is 18.2 Å². The maximum absolute atomic E-state index is 13.8. The molecule has 1 amide bonds. The van der Waals surface area contributed by atoms with Crippen LogP contribution >= 0.6 is 0 Å². The van der Waals surface area contributed by atoms with Crippen molar-refractivity contribution < 1.29 is 14.3 Å². The van der Waals surface area contributed by atoms with Gasteiger partial charge in [0.25, 0.3) is 5.91 Å². The highest BCUT2D eigenvalue weighted by Crippen LogP contribution is 2.16. The van der Waals surface area contributed by atoms with Crippen molar-refractivity contribution >= 4 is 11.7 Å². The minimum atomic E-state index is -0.683. The summed E-state index contributed by atoms with van der Waals surface area (Å²) in [5.74, 6) is -1.14. The SMILES string of the molecule is CNc1nccc(C(=O)N(C)C(C)CO)c1F. The molecule has 0 bridgehead atoms. The van der Waals surface area contributed by atoms with Crippen molar-refractivity contribution in [3.05, 3.63) is 23.6 Å². The second kappa shape index (κ2) is 5.58. The molecule has 0 aliphatic carbocycles. The normalized spacial score (nSPS) is 12.1. The number of aliphatic hydroxyl groups excluding tert-OH is 1. The van der Waals surface area contributed by atoms with E-state index >= 15 is 0 Å². The van der Waals surface area contributed by atoms with E-state index in [-0.39, 0.29) is 24.0 Å². The summed E-state index contributed by atoms with van der Waals surface area (Å²) in [7, 11) is 3.04. The van der Waals surface area contributed by atoms with Crippen molar-refractivity contribution in [3.8, 4) is 0 Å². The number of amides is 1. The molecule has 0 fully saturated rings. The molecule has 0 radical (unpaired) electrons. The molecule has 5 nitrogen and oxygen atoms in total. The van der Waals surface area contributed by atoms with Gasteiger partial charge in [0.2, 0.25) is 0 Å². The molecule has 1 aromatic heterocycles. The lowest BCUT2D eigenvalue weighted by atomic mass is 10.2. The lowest BCUT2D eigenvalue weighted by Gasteiger charge is -2.23. The molecule has 1 rings (SSSR count). The molecule has 1 unspecified atom stereocenters. The van der Waals surface area contributed by atoms with Gasteiger partial charge < -0.3 is 15.3 Å². The number of nitrogens with zero attached hydrogens (tertiary/aromatic N) is 2. The largest absolute Gasteiger partial charge is 0.394 e. The first-order chi connectivity index (χ1) is 8.02. The molecule has 17 heavy (non-hydrogen) atoms. The van der Waals surface area contributed by atoms with Crippen molar-refractivity contribution in [1.29, 1.82) is 0 Å². The van der Waals surface area contributed by atoms with Crippen molar-refractivity contribution in [3.63, 3.8) is 0 Å². The fourth-order valence-corrected chi connectivity index (χ4v) is 1.30. The molecule has 94 valence electrons. The van der Waals surface area contributed by atoms with Crippen LogP contribution in [-0.2, 0) is 0 Å². The number of rotatable bonds is 4. The molecule has 1 aromatic rings. The van der Waals surface area contributed by atoms with Crippen molar-refractivity contribution in [2.24, 2.45) is 0 Å². The number of carbonyl (C=O) groups excluding carboxylic acids is 1. The molecule has 0 saturated heterocycles. The van der Waals surface area contributed by atoms with Gasteiger partial charge in [-0.25, -0.2) is 9.37 Å². The molecule has 1 atom stereocenters.